The van der Waals surface area contributed by atoms with Crippen molar-refractivity contribution < 1.29 is 14.3 Å². The standard InChI is InChI=1S/C21H24N2O3S/c24-20(14-19-7-4-12-27-19)22-10-8-17(9-11-22)23-18(15-26-21(23)25)13-16-5-2-1-3-6-16/h1-7,12,17-18H,8-11,13-15H2/t18-/m1/s1. The summed E-state index contributed by atoms with van der Waals surface area (Å²) in [5.41, 5.74) is 1.22. The van der Waals surface area contributed by atoms with Crippen molar-refractivity contribution in [2.24, 2.45) is 0 Å². The molecule has 2 amide bonds. The first kappa shape index (κ1) is 18.0. The van der Waals surface area contributed by atoms with E-state index in [1.807, 2.05) is 45.5 Å². The van der Waals surface area contributed by atoms with Crippen molar-refractivity contribution >= 4 is 23.3 Å². The minimum atomic E-state index is -0.209. The highest BCUT2D eigenvalue weighted by Crippen LogP contribution is 2.26. The normalized spacial score (nSPS) is 20.7. The molecule has 2 saturated heterocycles. The van der Waals surface area contributed by atoms with Gasteiger partial charge in [0, 0.05) is 24.0 Å². The smallest absolute Gasteiger partial charge is 0.410 e. The molecule has 1 aromatic carbocycles. The van der Waals surface area contributed by atoms with Crippen LogP contribution in [0.3, 0.4) is 0 Å². The van der Waals surface area contributed by atoms with Crippen LogP contribution in [-0.4, -0.2) is 53.6 Å². The zero-order valence-electron chi connectivity index (χ0n) is 15.3. The van der Waals surface area contributed by atoms with Crippen molar-refractivity contribution in [3.63, 3.8) is 0 Å². The number of benzene rings is 1. The average molecular weight is 385 g/mol. The third kappa shape index (κ3) is 4.16. The second-order valence-electron chi connectivity index (χ2n) is 7.20. The summed E-state index contributed by atoms with van der Waals surface area (Å²) >= 11 is 1.62. The van der Waals surface area contributed by atoms with Crippen molar-refractivity contribution in [3.8, 4) is 0 Å². The van der Waals surface area contributed by atoms with Gasteiger partial charge in [-0.1, -0.05) is 36.4 Å². The fraction of sp³-hybridized carbons (Fsp3) is 0.429. The van der Waals surface area contributed by atoms with Crippen molar-refractivity contribution in [1.82, 2.24) is 9.80 Å². The predicted octanol–water partition coefficient (Wildman–Crippen LogP) is 3.35. The highest BCUT2D eigenvalue weighted by Gasteiger charge is 2.39. The Morgan fingerprint density at radius 3 is 2.59 bits per heavy atom. The van der Waals surface area contributed by atoms with Gasteiger partial charge in [-0.25, -0.2) is 4.79 Å². The van der Waals surface area contributed by atoms with E-state index in [-0.39, 0.29) is 24.1 Å². The van der Waals surface area contributed by atoms with E-state index in [9.17, 15) is 9.59 Å². The Bertz CT molecular complexity index is 770. The van der Waals surface area contributed by atoms with Crippen LogP contribution in [0.25, 0.3) is 0 Å². The largest absolute Gasteiger partial charge is 0.447 e. The third-order valence-corrected chi connectivity index (χ3v) is 6.31. The average Bonchev–Trinajstić information content (AvgIpc) is 3.33. The maximum atomic E-state index is 12.5. The number of hydrogen-bond donors (Lipinski definition) is 0. The monoisotopic (exact) mass is 384 g/mol. The zero-order chi connectivity index (χ0) is 18.6. The first-order valence-electron chi connectivity index (χ1n) is 9.50. The summed E-state index contributed by atoms with van der Waals surface area (Å²) in [6.07, 6.45) is 2.71. The van der Waals surface area contributed by atoms with Gasteiger partial charge in [0.25, 0.3) is 0 Å². The molecular weight excluding hydrogens is 360 g/mol. The minimum Gasteiger partial charge on any atom is -0.447 e. The molecule has 5 nitrogen and oxygen atoms in total. The number of ether oxygens (including phenoxy) is 1. The molecule has 4 rings (SSSR count). The van der Waals surface area contributed by atoms with Crippen LogP contribution in [-0.2, 0) is 22.4 Å². The van der Waals surface area contributed by atoms with Gasteiger partial charge < -0.3 is 9.64 Å². The lowest BCUT2D eigenvalue weighted by atomic mass is 9.99. The van der Waals surface area contributed by atoms with Crippen LogP contribution in [0, 0.1) is 0 Å². The van der Waals surface area contributed by atoms with Crippen LogP contribution < -0.4 is 0 Å². The molecule has 0 N–H and O–H groups in total. The molecule has 2 aliphatic heterocycles. The van der Waals surface area contributed by atoms with Crippen LogP contribution in [0.15, 0.2) is 47.8 Å². The second kappa shape index (κ2) is 8.13. The second-order valence-corrected chi connectivity index (χ2v) is 8.23. The first-order chi connectivity index (χ1) is 13.2. The highest BCUT2D eigenvalue weighted by atomic mass is 32.1. The molecular formula is C21H24N2O3S. The molecule has 0 bridgehead atoms. The molecule has 142 valence electrons. The van der Waals surface area contributed by atoms with Gasteiger partial charge in [0.1, 0.15) is 6.61 Å². The van der Waals surface area contributed by atoms with Crippen LogP contribution in [0.5, 0.6) is 0 Å². The fourth-order valence-corrected chi connectivity index (χ4v) is 4.73. The Balaban J connectivity index is 1.34. The van der Waals surface area contributed by atoms with Crippen LogP contribution in [0.4, 0.5) is 4.79 Å². The predicted molar refractivity (Wildman–Crippen MR) is 105 cm³/mol. The van der Waals surface area contributed by atoms with E-state index in [4.69, 9.17) is 4.74 Å². The number of piperidine rings is 1. The molecule has 2 fully saturated rings. The fourth-order valence-electron chi connectivity index (χ4n) is 4.03. The van der Waals surface area contributed by atoms with Gasteiger partial charge in [-0.3, -0.25) is 9.69 Å². The van der Waals surface area contributed by atoms with E-state index in [0.29, 0.717) is 26.1 Å². The van der Waals surface area contributed by atoms with Gasteiger partial charge in [0.15, 0.2) is 0 Å². The number of amides is 2. The van der Waals surface area contributed by atoms with Gasteiger partial charge in [0.05, 0.1) is 12.5 Å². The maximum Gasteiger partial charge on any atom is 0.410 e. The van der Waals surface area contributed by atoms with Gasteiger partial charge in [-0.15, -0.1) is 11.3 Å². The number of likely N-dealkylation sites (tertiary alicyclic amines) is 1. The molecule has 1 atom stereocenters. The van der Waals surface area contributed by atoms with E-state index in [1.54, 1.807) is 11.3 Å². The summed E-state index contributed by atoms with van der Waals surface area (Å²) in [5.74, 6) is 0.181. The van der Waals surface area contributed by atoms with Crippen LogP contribution in [0.1, 0.15) is 23.3 Å². The summed E-state index contributed by atoms with van der Waals surface area (Å²) in [4.78, 5) is 29.8. The van der Waals surface area contributed by atoms with Crippen molar-refractivity contribution in [2.75, 3.05) is 19.7 Å². The molecule has 0 spiro atoms. The van der Waals surface area contributed by atoms with E-state index in [0.717, 1.165) is 24.1 Å². The summed E-state index contributed by atoms with van der Waals surface area (Å²) in [7, 11) is 0. The lowest BCUT2D eigenvalue weighted by Crippen LogP contribution is -2.50. The van der Waals surface area contributed by atoms with Gasteiger partial charge in [-0.05, 0) is 36.3 Å². The number of hydrogen-bond acceptors (Lipinski definition) is 4. The molecule has 0 aliphatic carbocycles. The Labute approximate surface area is 163 Å². The molecule has 0 unspecified atom stereocenters. The Morgan fingerprint density at radius 2 is 1.89 bits per heavy atom. The summed E-state index contributed by atoms with van der Waals surface area (Å²) in [6, 6.07) is 14.4. The number of cyclic esters (lactones) is 1. The van der Waals surface area contributed by atoms with Gasteiger partial charge in [0.2, 0.25) is 5.91 Å². The molecule has 2 aromatic rings. The van der Waals surface area contributed by atoms with Crippen molar-refractivity contribution in [1.29, 1.82) is 0 Å². The van der Waals surface area contributed by atoms with Crippen molar-refractivity contribution in [2.45, 2.75) is 37.8 Å². The molecule has 0 radical (unpaired) electrons. The Kier molecular flexibility index (Phi) is 5.43. The molecule has 27 heavy (non-hydrogen) atoms. The van der Waals surface area contributed by atoms with E-state index in [1.165, 1.54) is 5.56 Å². The first-order valence-corrected chi connectivity index (χ1v) is 10.4. The molecule has 6 heteroatoms. The molecule has 3 heterocycles. The Morgan fingerprint density at radius 1 is 1.11 bits per heavy atom. The van der Waals surface area contributed by atoms with Crippen LogP contribution >= 0.6 is 11.3 Å². The summed E-state index contributed by atoms with van der Waals surface area (Å²) in [6.45, 7) is 1.86. The van der Waals surface area contributed by atoms with Crippen molar-refractivity contribution in [3.05, 3.63) is 58.3 Å². The van der Waals surface area contributed by atoms with Gasteiger partial charge >= 0.3 is 6.09 Å². The van der Waals surface area contributed by atoms with Crippen LogP contribution in [0.2, 0.25) is 0 Å². The highest BCUT2D eigenvalue weighted by molar-refractivity contribution is 7.10. The number of carbonyl (C=O) groups excluding carboxylic acids is 2. The van der Waals surface area contributed by atoms with E-state index < -0.39 is 0 Å². The number of thiophene rings is 1. The number of carbonyl (C=O) groups is 2. The quantitative estimate of drug-likeness (QED) is 0.794. The molecule has 0 saturated carbocycles. The number of rotatable bonds is 5. The third-order valence-electron chi connectivity index (χ3n) is 5.43. The molecule has 2 aliphatic rings. The van der Waals surface area contributed by atoms with Gasteiger partial charge in [-0.2, -0.15) is 0 Å². The van der Waals surface area contributed by atoms with E-state index >= 15 is 0 Å². The summed E-state index contributed by atoms with van der Waals surface area (Å²) < 4.78 is 5.36. The maximum absolute atomic E-state index is 12.5. The number of nitrogens with zero attached hydrogens (tertiary/aromatic N) is 2. The minimum absolute atomic E-state index is 0.0817. The van der Waals surface area contributed by atoms with E-state index in [2.05, 4.69) is 12.1 Å². The Hall–Kier alpha value is -2.34. The lowest BCUT2D eigenvalue weighted by molar-refractivity contribution is -0.131. The molecule has 1 aromatic heterocycles. The topological polar surface area (TPSA) is 49.9 Å². The SMILES string of the molecule is O=C(Cc1cccs1)N1CCC(N2C(=O)OC[C@H]2Cc2ccccc2)CC1. The summed E-state index contributed by atoms with van der Waals surface area (Å²) in [5, 5.41) is 2.00. The zero-order valence-corrected chi connectivity index (χ0v) is 16.1. The lowest BCUT2D eigenvalue weighted by Gasteiger charge is -2.38.